The van der Waals surface area contributed by atoms with Gasteiger partial charge in [0.1, 0.15) is 12.7 Å². The van der Waals surface area contributed by atoms with E-state index in [1.165, 1.54) is 70.6 Å². The summed E-state index contributed by atoms with van der Waals surface area (Å²) < 4.78 is 39.3. The van der Waals surface area contributed by atoms with Crippen molar-refractivity contribution in [1.82, 2.24) is 0 Å². The fraction of sp³-hybridized carbons (Fsp3) is 0.796. The molecule has 0 aromatic rings. The van der Waals surface area contributed by atoms with E-state index < -0.39 is 57.8 Å². The van der Waals surface area contributed by atoms with E-state index in [1.807, 2.05) is 0 Å². The van der Waals surface area contributed by atoms with Crippen molar-refractivity contribution in [3.8, 4) is 0 Å². The second-order valence-corrected chi connectivity index (χ2v) is 19.1. The molecule has 0 aliphatic carbocycles. The van der Waals surface area contributed by atoms with Crippen molar-refractivity contribution in [2.24, 2.45) is 0 Å². The SMILES string of the molecule is CC/C=C\C/C=C\C/C=C\CCCCCCCC(=O)OCC(COP(=O)(O)OCC(CO)OC(=O)CCCCCCCCCCC)OC(=O)CCCCCCC/C=C\CCCCCCCC. The summed E-state index contributed by atoms with van der Waals surface area (Å²) in [6.07, 6.45) is 49.4. The van der Waals surface area contributed by atoms with Gasteiger partial charge in [-0.2, -0.15) is 0 Å². The van der Waals surface area contributed by atoms with Gasteiger partial charge in [0.2, 0.25) is 0 Å². The third kappa shape index (κ3) is 46.5. The molecule has 0 aliphatic rings. The molecule has 0 amide bonds. The predicted molar refractivity (Wildman–Crippen MR) is 270 cm³/mol. The Bertz CT molecular complexity index is 1300. The highest BCUT2D eigenvalue weighted by molar-refractivity contribution is 7.47. The third-order valence-corrected chi connectivity index (χ3v) is 12.2. The van der Waals surface area contributed by atoms with Crippen molar-refractivity contribution < 1.29 is 52.2 Å². The van der Waals surface area contributed by atoms with Gasteiger partial charge in [0, 0.05) is 19.3 Å². The number of aliphatic hydroxyl groups is 1. The number of hydrogen-bond donors (Lipinski definition) is 2. The first-order valence-electron chi connectivity index (χ1n) is 26.5. The second-order valence-electron chi connectivity index (χ2n) is 17.7. The van der Waals surface area contributed by atoms with E-state index in [0.717, 1.165) is 109 Å². The van der Waals surface area contributed by atoms with E-state index in [2.05, 4.69) is 69.4 Å². The Morgan fingerprint density at radius 2 is 0.788 bits per heavy atom. The van der Waals surface area contributed by atoms with Gasteiger partial charge in [-0.1, -0.05) is 191 Å². The van der Waals surface area contributed by atoms with Gasteiger partial charge in [0.15, 0.2) is 6.10 Å². The summed E-state index contributed by atoms with van der Waals surface area (Å²) in [5.41, 5.74) is 0. The lowest BCUT2D eigenvalue weighted by Gasteiger charge is -2.21. The van der Waals surface area contributed by atoms with Gasteiger partial charge in [-0.15, -0.1) is 0 Å². The highest BCUT2D eigenvalue weighted by atomic mass is 31.2. The molecule has 0 bridgehead atoms. The van der Waals surface area contributed by atoms with Crippen molar-refractivity contribution in [3.63, 3.8) is 0 Å². The van der Waals surface area contributed by atoms with Crippen LogP contribution >= 0.6 is 7.82 Å². The van der Waals surface area contributed by atoms with Crippen LogP contribution in [0.4, 0.5) is 0 Å². The maximum Gasteiger partial charge on any atom is 0.472 e. The quantitative estimate of drug-likeness (QED) is 0.0197. The number of rotatable bonds is 49. The average Bonchev–Trinajstić information content (AvgIpc) is 3.30. The molecule has 0 fully saturated rings. The second kappa shape index (κ2) is 48.9. The van der Waals surface area contributed by atoms with Crippen LogP contribution in [-0.4, -0.2) is 66.5 Å². The lowest BCUT2D eigenvalue weighted by Crippen LogP contribution is -2.30. The summed E-state index contributed by atoms with van der Waals surface area (Å²) in [5.74, 6) is -1.49. The van der Waals surface area contributed by atoms with E-state index in [-0.39, 0.29) is 25.9 Å². The Morgan fingerprint density at radius 1 is 0.439 bits per heavy atom. The molecule has 384 valence electrons. The first-order chi connectivity index (χ1) is 32.2. The number of hydrogen-bond acceptors (Lipinski definition) is 10. The highest BCUT2D eigenvalue weighted by Crippen LogP contribution is 2.43. The number of ether oxygens (including phenoxy) is 3. The Hall–Kier alpha value is -2.56. The minimum atomic E-state index is -4.74. The molecule has 0 aliphatic heterocycles. The molecule has 0 heterocycles. The van der Waals surface area contributed by atoms with Crippen molar-refractivity contribution in [2.45, 2.75) is 251 Å². The molecule has 0 rings (SSSR count). The third-order valence-electron chi connectivity index (χ3n) is 11.2. The molecule has 66 heavy (non-hydrogen) atoms. The molecular weight excluding hydrogens is 856 g/mol. The fourth-order valence-electron chi connectivity index (χ4n) is 7.19. The number of allylic oxidation sites excluding steroid dienone is 8. The van der Waals surface area contributed by atoms with Gasteiger partial charge in [-0.25, -0.2) is 4.57 Å². The fourth-order valence-corrected chi connectivity index (χ4v) is 7.97. The number of carbonyl (C=O) groups excluding carboxylic acids is 3. The largest absolute Gasteiger partial charge is 0.472 e. The van der Waals surface area contributed by atoms with Gasteiger partial charge in [0.05, 0.1) is 19.8 Å². The van der Waals surface area contributed by atoms with Crippen molar-refractivity contribution in [3.05, 3.63) is 48.6 Å². The zero-order chi connectivity index (χ0) is 48.4. The maximum atomic E-state index is 12.8. The average molecular weight is 953 g/mol. The van der Waals surface area contributed by atoms with Gasteiger partial charge in [0.25, 0.3) is 0 Å². The molecule has 0 spiro atoms. The smallest absolute Gasteiger partial charge is 0.462 e. The summed E-state index contributed by atoms with van der Waals surface area (Å²) in [6.45, 7) is 4.47. The number of aliphatic hydroxyl groups excluding tert-OH is 1. The van der Waals surface area contributed by atoms with E-state index in [4.69, 9.17) is 23.3 Å². The Balaban J connectivity index is 4.77. The molecule has 0 saturated heterocycles. The van der Waals surface area contributed by atoms with Gasteiger partial charge in [-0.3, -0.25) is 23.4 Å². The van der Waals surface area contributed by atoms with E-state index in [9.17, 15) is 28.9 Å². The molecule has 2 N–H and O–H groups in total. The Labute approximate surface area is 403 Å². The van der Waals surface area contributed by atoms with Crippen LogP contribution in [0.5, 0.6) is 0 Å². The molecule has 0 saturated carbocycles. The molecular formula is C54H97O11P. The molecule has 12 heteroatoms. The van der Waals surface area contributed by atoms with Crippen LogP contribution in [0.25, 0.3) is 0 Å². The van der Waals surface area contributed by atoms with Gasteiger partial charge in [-0.05, 0) is 77.0 Å². The number of phosphoric ester groups is 1. The monoisotopic (exact) mass is 953 g/mol. The summed E-state index contributed by atoms with van der Waals surface area (Å²) in [5, 5.41) is 9.75. The van der Waals surface area contributed by atoms with E-state index >= 15 is 0 Å². The maximum absolute atomic E-state index is 12.8. The molecule has 0 aromatic carbocycles. The van der Waals surface area contributed by atoms with Crippen LogP contribution in [0.2, 0.25) is 0 Å². The first kappa shape index (κ1) is 63.4. The number of esters is 3. The summed E-state index contributed by atoms with van der Waals surface area (Å²) in [7, 11) is -4.74. The number of carbonyl (C=O) groups is 3. The van der Waals surface area contributed by atoms with Crippen LogP contribution in [0.15, 0.2) is 48.6 Å². The molecule has 3 atom stereocenters. The minimum Gasteiger partial charge on any atom is -0.462 e. The Kier molecular flexibility index (Phi) is 47.0. The van der Waals surface area contributed by atoms with Crippen LogP contribution in [0.1, 0.15) is 239 Å². The highest BCUT2D eigenvalue weighted by Gasteiger charge is 2.28. The lowest BCUT2D eigenvalue weighted by atomic mass is 10.1. The van der Waals surface area contributed by atoms with Crippen LogP contribution in [0.3, 0.4) is 0 Å². The van der Waals surface area contributed by atoms with Crippen molar-refractivity contribution in [2.75, 3.05) is 26.4 Å². The van der Waals surface area contributed by atoms with Crippen molar-refractivity contribution in [1.29, 1.82) is 0 Å². The summed E-state index contributed by atoms with van der Waals surface area (Å²) >= 11 is 0. The first-order valence-corrected chi connectivity index (χ1v) is 28.0. The molecule has 0 aromatic heterocycles. The zero-order valence-electron chi connectivity index (χ0n) is 42.2. The van der Waals surface area contributed by atoms with Crippen LogP contribution in [0, 0.1) is 0 Å². The minimum absolute atomic E-state index is 0.155. The van der Waals surface area contributed by atoms with Gasteiger partial charge < -0.3 is 24.2 Å². The molecule has 0 radical (unpaired) electrons. The Morgan fingerprint density at radius 3 is 1.23 bits per heavy atom. The van der Waals surface area contributed by atoms with Crippen LogP contribution < -0.4 is 0 Å². The zero-order valence-corrected chi connectivity index (χ0v) is 43.1. The molecule has 11 nitrogen and oxygen atoms in total. The van der Waals surface area contributed by atoms with E-state index in [1.54, 1.807) is 0 Å². The standard InChI is InChI=1S/C54H97O11P/c1-4-7-10-13-16-19-21-23-25-27-29-32-34-37-40-43-52(56)61-47-51(65-54(58)45-42-39-36-33-30-28-26-24-22-20-17-14-11-8-5-2)49-63-66(59,60)62-48-50(46-55)64-53(57)44-41-38-35-31-18-15-12-9-6-3/h7,10,16,19,23-26,50-51,55H,4-6,8-9,11-15,17-18,20-22,27-49H2,1-3H3,(H,59,60)/b10-7-,19-16-,25-23-,26-24-. The predicted octanol–water partition coefficient (Wildman–Crippen LogP) is 15.0. The molecule has 3 unspecified atom stereocenters. The topological polar surface area (TPSA) is 155 Å². The van der Waals surface area contributed by atoms with Gasteiger partial charge >= 0.3 is 25.7 Å². The lowest BCUT2D eigenvalue weighted by molar-refractivity contribution is -0.161. The van der Waals surface area contributed by atoms with E-state index in [0.29, 0.717) is 19.3 Å². The van der Waals surface area contributed by atoms with Crippen molar-refractivity contribution >= 4 is 25.7 Å². The van der Waals surface area contributed by atoms with Crippen LogP contribution in [-0.2, 0) is 42.2 Å². The summed E-state index contributed by atoms with van der Waals surface area (Å²) in [6, 6.07) is 0. The number of phosphoric acid groups is 1. The number of unbranched alkanes of at least 4 members (excludes halogenated alkanes) is 24. The normalized spacial score (nSPS) is 13.8. The summed E-state index contributed by atoms with van der Waals surface area (Å²) in [4.78, 5) is 48.3.